The number of likely N-dealkylation sites (tertiary alicyclic amines) is 1. The largest absolute Gasteiger partial charge is 0.479 e. The van der Waals surface area contributed by atoms with Crippen molar-refractivity contribution >= 4 is 23.5 Å². The molecule has 1 aromatic carbocycles. The molecule has 2 aromatic heterocycles. The van der Waals surface area contributed by atoms with Crippen LogP contribution in [0.5, 0.6) is 17.4 Å². The molecule has 0 bridgehead atoms. The number of amides is 2. The number of ether oxygens (including phenoxy) is 2. The van der Waals surface area contributed by atoms with Gasteiger partial charge in [-0.25, -0.2) is 19.3 Å². The van der Waals surface area contributed by atoms with Crippen molar-refractivity contribution in [2.45, 2.75) is 31.5 Å². The molecule has 3 aliphatic heterocycles. The summed E-state index contributed by atoms with van der Waals surface area (Å²) in [5, 5.41) is 9.66. The highest BCUT2D eigenvalue weighted by atomic mass is 19.1. The molecule has 2 amide bonds. The van der Waals surface area contributed by atoms with Crippen LogP contribution in [0.4, 0.5) is 16.0 Å². The SMILES string of the molecule is O=C(C1CN(c2ncc(N3CC[C@@H](Oc4ccc(Oc5ccc(F)cc5)nc4)C3=O)cn2)C1)N1CCC(O)CC1. The van der Waals surface area contributed by atoms with Gasteiger partial charge in [0.05, 0.1) is 36.3 Å². The number of anilines is 2. The van der Waals surface area contributed by atoms with E-state index in [1.54, 1.807) is 29.4 Å². The van der Waals surface area contributed by atoms with E-state index in [9.17, 15) is 19.1 Å². The fourth-order valence-corrected chi connectivity index (χ4v) is 5.06. The van der Waals surface area contributed by atoms with E-state index in [0.717, 1.165) is 0 Å². The fourth-order valence-electron chi connectivity index (χ4n) is 5.06. The van der Waals surface area contributed by atoms with Gasteiger partial charge in [0.15, 0.2) is 6.10 Å². The number of carbonyl (C=O) groups excluding carboxylic acids is 2. The van der Waals surface area contributed by atoms with Crippen molar-refractivity contribution in [2.75, 3.05) is 42.5 Å². The number of carbonyl (C=O) groups is 2. The van der Waals surface area contributed by atoms with E-state index >= 15 is 0 Å². The van der Waals surface area contributed by atoms with Gasteiger partial charge in [0.1, 0.15) is 17.3 Å². The summed E-state index contributed by atoms with van der Waals surface area (Å²) in [5.74, 6) is 1.23. The predicted molar refractivity (Wildman–Crippen MR) is 142 cm³/mol. The van der Waals surface area contributed by atoms with Crippen LogP contribution in [-0.2, 0) is 9.59 Å². The lowest BCUT2D eigenvalue weighted by Gasteiger charge is -2.41. The molecule has 40 heavy (non-hydrogen) atoms. The Kier molecular flexibility index (Phi) is 7.16. The highest BCUT2D eigenvalue weighted by molar-refractivity contribution is 5.98. The first kappa shape index (κ1) is 25.9. The number of pyridine rings is 1. The molecule has 0 spiro atoms. The number of aliphatic hydroxyl groups excluding tert-OH is 1. The third-order valence-electron chi connectivity index (χ3n) is 7.41. The molecule has 3 fully saturated rings. The van der Waals surface area contributed by atoms with Gasteiger partial charge in [0.25, 0.3) is 5.91 Å². The molecular formula is C28H29FN6O5. The summed E-state index contributed by atoms with van der Waals surface area (Å²) in [6, 6.07) is 8.91. The van der Waals surface area contributed by atoms with Crippen molar-refractivity contribution in [1.29, 1.82) is 0 Å². The number of hydrogen-bond acceptors (Lipinski definition) is 9. The summed E-state index contributed by atoms with van der Waals surface area (Å²) in [6.45, 7) is 2.78. The Morgan fingerprint density at radius 3 is 2.27 bits per heavy atom. The highest BCUT2D eigenvalue weighted by Gasteiger charge is 2.38. The zero-order chi connectivity index (χ0) is 27.6. The maximum Gasteiger partial charge on any atom is 0.268 e. The molecule has 12 heteroatoms. The van der Waals surface area contributed by atoms with Crippen LogP contribution in [0.25, 0.3) is 0 Å². The quantitative estimate of drug-likeness (QED) is 0.474. The van der Waals surface area contributed by atoms with E-state index in [2.05, 4.69) is 15.0 Å². The molecular weight excluding hydrogens is 519 g/mol. The van der Waals surface area contributed by atoms with Gasteiger partial charge in [-0.2, -0.15) is 0 Å². The molecule has 1 N–H and O–H groups in total. The lowest BCUT2D eigenvalue weighted by atomic mass is 9.97. The Labute approximate surface area is 230 Å². The lowest BCUT2D eigenvalue weighted by molar-refractivity contribution is -0.138. The smallest absolute Gasteiger partial charge is 0.268 e. The Hall–Kier alpha value is -4.32. The van der Waals surface area contributed by atoms with E-state index in [-0.39, 0.29) is 29.7 Å². The van der Waals surface area contributed by atoms with Gasteiger partial charge >= 0.3 is 0 Å². The molecule has 6 rings (SSSR count). The van der Waals surface area contributed by atoms with Gasteiger partial charge < -0.3 is 29.3 Å². The summed E-state index contributed by atoms with van der Waals surface area (Å²) >= 11 is 0. The molecule has 1 atom stereocenters. The monoisotopic (exact) mass is 548 g/mol. The van der Waals surface area contributed by atoms with Gasteiger partial charge in [-0.05, 0) is 43.2 Å². The molecule has 0 unspecified atom stereocenters. The summed E-state index contributed by atoms with van der Waals surface area (Å²) < 4.78 is 24.5. The van der Waals surface area contributed by atoms with Crippen LogP contribution in [0, 0.1) is 11.7 Å². The Balaban J connectivity index is 0.993. The fraction of sp³-hybridized carbons (Fsp3) is 0.393. The number of hydrogen-bond donors (Lipinski definition) is 1. The number of piperidine rings is 1. The normalized spacial score (nSPS) is 20.0. The Morgan fingerprint density at radius 2 is 1.60 bits per heavy atom. The Morgan fingerprint density at radius 1 is 0.900 bits per heavy atom. The molecule has 3 saturated heterocycles. The summed E-state index contributed by atoms with van der Waals surface area (Å²) in [5.41, 5.74) is 0.584. The first-order valence-electron chi connectivity index (χ1n) is 13.3. The second kappa shape index (κ2) is 11.0. The van der Waals surface area contributed by atoms with Gasteiger partial charge in [-0.1, -0.05) is 0 Å². The number of nitrogens with zero attached hydrogens (tertiary/aromatic N) is 6. The molecule has 5 heterocycles. The zero-order valence-corrected chi connectivity index (χ0v) is 21.7. The van der Waals surface area contributed by atoms with Crippen LogP contribution in [-0.4, -0.2) is 81.7 Å². The summed E-state index contributed by atoms with van der Waals surface area (Å²) in [4.78, 5) is 44.2. The minimum absolute atomic E-state index is 0.0883. The minimum Gasteiger partial charge on any atom is -0.479 e. The van der Waals surface area contributed by atoms with E-state index in [1.165, 1.54) is 30.5 Å². The van der Waals surface area contributed by atoms with Crippen molar-refractivity contribution in [1.82, 2.24) is 19.9 Å². The number of aromatic nitrogens is 3. The van der Waals surface area contributed by atoms with Crippen LogP contribution in [0.2, 0.25) is 0 Å². The number of rotatable bonds is 7. The second-order valence-electron chi connectivity index (χ2n) is 10.2. The molecule has 0 aliphatic carbocycles. The summed E-state index contributed by atoms with van der Waals surface area (Å²) in [7, 11) is 0. The maximum atomic E-state index is 13.1. The number of benzene rings is 1. The molecule has 0 radical (unpaired) electrons. The van der Waals surface area contributed by atoms with Crippen molar-refractivity contribution in [3.63, 3.8) is 0 Å². The minimum atomic E-state index is -0.664. The average molecular weight is 549 g/mol. The van der Waals surface area contributed by atoms with Crippen LogP contribution < -0.4 is 19.3 Å². The first-order chi connectivity index (χ1) is 19.4. The lowest BCUT2D eigenvalue weighted by Crippen LogP contribution is -2.56. The van der Waals surface area contributed by atoms with Crippen LogP contribution in [0.15, 0.2) is 55.0 Å². The molecule has 3 aliphatic rings. The third-order valence-corrected chi connectivity index (χ3v) is 7.41. The van der Waals surface area contributed by atoms with Crippen LogP contribution >= 0.6 is 0 Å². The molecule has 208 valence electrons. The molecule has 0 saturated carbocycles. The highest BCUT2D eigenvalue weighted by Crippen LogP contribution is 2.28. The van der Waals surface area contributed by atoms with E-state index in [0.29, 0.717) is 81.0 Å². The van der Waals surface area contributed by atoms with E-state index in [1.807, 2.05) is 9.80 Å². The second-order valence-corrected chi connectivity index (χ2v) is 10.2. The van der Waals surface area contributed by atoms with Gasteiger partial charge in [-0.15, -0.1) is 0 Å². The van der Waals surface area contributed by atoms with Crippen molar-refractivity contribution in [3.05, 3.63) is 60.8 Å². The number of aliphatic hydroxyl groups is 1. The maximum absolute atomic E-state index is 13.1. The van der Waals surface area contributed by atoms with Crippen molar-refractivity contribution in [3.8, 4) is 17.4 Å². The first-order valence-corrected chi connectivity index (χ1v) is 13.3. The van der Waals surface area contributed by atoms with E-state index in [4.69, 9.17) is 9.47 Å². The zero-order valence-electron chi connectivity index (χ0n) is 21.7. The topological polar surface area (TPSA) is 121 Å². The van der Waals surface area contributed by atoms with Crippen LogP contribution in [0.1, 0.15) is 19.3 Å². The summed E-state index contributed by atoms with van der Waals surface area (Å²) in [6.07, 6.45) is 5.50. The standard InChI is InChI=1S/C28H29FN6O5/c29-19-1-3-22(4-2-19)40-25-6-5-23(15-30-25)39-24-9-12-35(27(24)38)20-13-31-28(32-14-20)34-16-18(17-34)26(37)33-10-7-21(36)8-11-33/h1-6,13-15,18,21,24,36H,7-12,16-17H2/t24-/m1/s1. The average Bonchev–Trinajstić information content (AvgIpc) is 3.30. The predicted octanol–water partition coefficient (Wildman–Crippen LogP) is 2.41. The molecule has 3 aromatic rings. The van der Waals surface area contributed by atoms with Gasteiger partial charge in [0.2, 0.25) is 17.7 Å². The van der Waals surface area contributed by atoms with Gasteiger partial charge in [0, 0.05) is 45.2 Å². The van der Waals surface area contributed by atoms with Crippen LogP contribution in [0.3, 0.4) is 0 Å². The van der Waals surface area contributed by atoms with Gasteiger partial charge in [-0.3, -0.25) is 9.59 Å². The third kappa shape index (κ3) is 5.53. The van der Waals surface area contributed by atoms with Crippen molar-refractivity contribution < 1.29 is 28.6 Å². The number of halogens is 1. The van der Waals surface area contributed by atoms with E-state index < -0.39 is 6.10 Å². The molecule has 11 nitrogen and oxygen atoms in total. The van der Waals surface area contributed by atoms with Crippen molar-refractivity contribution in [2.24, 2.45) is 5.92 Å². The Bertz CT molecular complexity index is 1340.